The van der Waals surface area contributed by atoms with Gasteiger partial charge in [-0.25, -0.2) is 4.98 Å². The molecule has 3 nitrogen and oxygen atoms in total. The van der Waals surface area contributed by atoms with E-state index >= 15 is 0 Å². The van der Waals surface area contributed by atoms with Gasteiger partial charge in [0.15, 0.2) is 0 Å². The predicted molar refractivity (Wildman–Crippen MR) is 51.9 cm³/mol. The highest BCUT2D eigenvalue weighted by molar-refractivity contribution is 8.00. The van der Waals surface area contributed by atoms with E-state index in [0.29, 0.717) is 10.8 Å². The molecule has 0 aromatic carbocycles. The van der Waals surface area contributed by atoms with Crippen LogP contribution in [0.25, 0.3) is 0 Å². The van der Waals surface area contributed by atoms with Crippen molar-refractivity contribution in [2.45, 2.75) is 5.03 Å². The lowest BCUT2D eigenvalue weighted by Gasteiger charge is -2.00. The molecular formula is C7H8ClN3S. The molecule has 0 aliphatic carbocycles. The van der Waals surface area contributed by atoms with Crippen LogP contribution < -0.4 is 5.73 Å². The summed E-state index contributed by atoms with van der Waals surface area (Å²) in [6.07, 6.45) is 1.66. The van der Waals surface area contributed by atoms with Crippen molar-refractivity contribution in [3.63, 3.8) is 0 Å². The number of nitrogens with two attached hydrogens (primary N) is 1. The van der Waals surface area contributed by atoms with Gasteiger partial charge in [0.1, 0.15) is 10.9 Å². The van der Waals surface area contributed by atoms with E-state index in [2.05, 4.69) is 4.98 Å². The lowest BCUT2D eigenvalue weighted by Crippen LogP contribution is -2.12. The maximum absolute atomic E-state index is 7.00. The third kappa shape index (κ3) is 2.71. The summed E-state index contributed by atoms with van der Waals surface area (Å²) >= 11 is 7.18. The Morgan fingerprint density at radius 3 is 3.08 bits per heavy atom. The van der Waals surface area contributed by atoms with Crippen LogP contribution >= 0.6 is 23.4 Å². The Morgan fingerprint density at radius 1 is 1.75 bits per heavy atom. The van der Waals surface area contributed by atoms with E-state index in [9.17, 15) is 0 Å². The van der Waals surface area contributed by atoms with E-state index in [-0.39, 0.29) is 5.84 Å². The van der Waals surface area contributed by atoms with E-state index < -0.39 is 0 Å². The number of rotatable bonds is 3. The molecule has 1 rings (SSSR count). The second kappa shape index (κ2) is 4.33. The zero-order chi connectivity index (χ0) is 8.97. The highest BCUT2D eigenvalue weighted by Gasteiger charge is 2.01. The molecule has 0 atom stereocenters. The normalized spacial score (nSPS) is 9.75. The molecule has 0 aliphatic heterocycles. The first kappa shape index (κ1) is 9.35. The van der Waals surface area contributed by atoms with Gasteiger partial charge in [0, 0.05) is 6.20 Å². The van der Waals surface area contributed by atoms with Gasteiger partial charge in [-0.2, -0.15) is 0 Å². The Morgan fingerprint density at radius 2 is 2.50 bits per heavy atom. The summed E-state index contributed by atoms with van der Waals surface area (Å²) in [5.74, 6) is 0.554. The standard InChI is InChI=1S/C7H8ClN3S/c8-5-2-1-3-11-7(5)12-4-6(9)10/h1-3H,4H2,(H3,9,10). The first-order chi connectivity index (χ1) is 5.70. The van der Waals surface area contributed by atoms with Crippen LogP contribution in [-0.4, -0.2) is 16.6 Å². The van der Waals surface area contributed by atoms with Crippen molar-refractivity contribution in [2.24, 2.45) is 5.73 Å². The van der Waals surface area contributed by atoms with Gasteiger partial charge in [-0.3, -0.25) is 5.41 Å². The second-order valence-electron chi connectivity index (χ2n) is 2.10. The number of halogens is 1. The van der Waals surface area contributed by atoms with E-state index in [0.717, 1.165) is 5.03 Å². The van der Waals surface area contributed by atoms with Gasteiger partial charge in [0.2, 0.25) is 0 Å². The number of thioether (sulfide) groups is 1. The Balaban J connectivity index is 2.63. The van der Waals surface area contributed by atoms with E-state index in [1.165, 1.54) is 11.8 Å². The molecule has 3 N–H and O–H groups in total. The van der Waals surface area contributed by atoms with Crippen molar-refractivity contribution < 1.29 is 0 Å². The molecule has 0 unspecified atom stereocenters. The largest absolute Gasteiger partial charge is 0.387 e. The van der Waals surface area contributed by atoms with Gasteiger partial charge in [-0.15, -0.1) is 0 Å². The molecule has 12 heavy (non-hydrogen) atoms. The Hall–Kier alpha value is -0.740. The fourth-order valence-corrected chi connectivity index (χ4v) is 1.54. The molecule has 0 saturated heterocycles. The summed E-state index contributed by atoms with van der Waals surface area (Å²) in [6.45, 7) is 0. The van der Waals surface area contributed by atoms with Crippen molar-refractivity contribution in [2.75, 3.05) is 5.75 Å². The average molecular weight is 202 g/mol. The highest BCUT2D eigenvalue weighted by atomic mass is 35.5. The maximum Gasteiger partial charge on any atom is 0.115 e. The van der Waals surface area contributed by atoms with E-state index in [1.807, 2.05) is 0 Å². The van der Waals surface area contributed by atoms with Crippen molar-refractivity contribution in [1.82, 2.24) is 4.98 Å². The Kier molecular flexibility index (Phi) is 3.37. The van der Waals surface area contributed by atoms with Crippen molar-refractivity contribution in [3.05, 3.63) is 23.4 Å². The molecule has 0 amide bonds. The molecule has 0 radical (unpaired) electrons. The Labute approximate surface area is 79.8 Å². The summed E-state index contributed by atoms with van der Waals surface area (Å²) < 4.78 is 0. The molecule has 0 aliphatic rings. The van der Waals surface area contributed by atoms with Crippen molar-refractivity contribution >= 4 is 29.2 Å². The van der Waals surface area contributed by atoms with Crippen LogP contribution in [0.5, 0.6) is 0 Å². The first-order valence-corrected chi connectivity index (χ1v) is 4.62. The third-order valence-electron chi connectivity index (χ3n) is 1.09. The number of hydrogen-bond donors (Lipinski definition) is 2. The minimum Gasteiger partial charge on any atom is -0.387 e. The summed E-state index contributed by atoms with van der Waals surface area (Å²) in [5.41, 5.74) is 5.18. The summed E-state index contributed by atoms with van der Waals surface area (Å²) in [5, 5.41) is 8.32. The monoisotopic (exact) mass is 201 g/mol. The molecular weight excluding hydrogens is 194 g/mol. The second-order valence-corrected chi connectivity index (χ2v) is 3.48. The Bertz CT molecular complexity index is 290. The van der Waals surface area contributed by atoms with Crippen LogP contribution in [-0.2, 0) is 0 Å². The van der Waals surface area contributed by atoms with E-state index in [4.69, 9.17) is 22.7 Å². The maximum atomic E-state index is 7.00. The van der Waals surface area contributed by atoms with Crippen LogP contribution in [0.2, 0.25) is 5.02 Å². The van der Waals surface area contributed by atoms with Crippen LogP contribution in [0.1, 0.15) is 0 Å². The molecule has 0 saturated carbocycles. The first-order valence-electron chi connectivity index (χ1n) is 3.26. The SMILES string of the molecule is N=C(N)CSc1ncccc1Cl. The minimum absolute atomic E-state index is 0.127. The molecule has 64 valence electrons. The molecule has 0 spiro atoms. The highest BCUT2D eigenvalue weighted by Crippen LogP contribution is 2.23. The number of aromatic nitrogens is 1. The molecule has 0 fully saturated rings. The lowest BCUT2D eigenvalue weighted by molar-refractivity contribution is 1.14. The topological polar surface area (TPSA) is 62.8 Å². The van der Waals surface area contributed by atoms with Gasteiger partial charge < -0.3 is 5.73 Å². The van der Waals surface area contributed by atoms with Gasteiger partial charge in [0.25, 0.3) is 0 Å². The molecule has 1 aromatic rings. The smallest absolute Gasteiger partial charge is 0.115 e. The summed E-state index contributed by atoms with van der Waals surface area (Å²) in [4.78, 5) is 4.03. The fourth-order valence-electron chi connectivity index (χ4n) is 0.624. The van der Waals surface area contributed by atoms with Crippen LogP contribution in [0.3, 0.4) is 0 Å². The molecule has 5 heteroatoms. The van der Waals surface area contributed by atoms with Gasteiger partial charge in [-0.1, -0.05) is 23.4 Å². The van der Waals surface area contributed by atoms with Crippen molar-refractivity contribution in [3.8, 4) is 0 Å². The zero-order valence-electron chi connectivity index (χ0n) is 6.25. The number of amidine groups is 1. The van der Waals surface area contributed by atoms with E-state index in [1.54, 1.807) is 18.3 Å². The molecule has 1 aromatic heterocycles. The van der Waals surface area contributed by atoms with Gasteiger partial charge >= 0.3 is 0 Å². The number of nitrogens with zero attached hydrogens (tertiary/aromatic N) is 1. The molecule has 0 bridgehead atoms. The number of nitrogens with one attached hydrogen (secondary N) is 1. The minimum atomic E-state index is 0.127. The zero-order valence-corrected chi connectivity index (χ0v) is 7.82. The van der Waals surface area contributed by atoms with Crippen molar-refractivity contribution in [1.29, 1.82) is 5.41 Å². The number of hydrogen-bond acceptors (Lipinski definition) is 3. The number of pyridine rings is 1. The van der Waals surface area contributed by atoms with Crippen LogP contribution in [0, 0.1) is 5.41 Å². The third-order valence-corrected chi connectivity index (χ3v) is 2.56. The van der Waals surface area contributed by atoms with Gasteiger partial charge in [0.05, 0.1) is 10.8 Å². The summed E-state index contributed by atoms with van der Waals surface area (Å²) in [7, 11) is 0. The van der Waals surface area contributed by atoms with Crippen LogP contribution in [0.15, 0.2) is 23.4 Å². The predicted octanol–water partition coefficient (Wildman–Crippen LogP) is 1.76. The summed E-state index contributed by atoms with van der Waals surface area (Å²) in [6, 6.07) is 3.52. The quantitative estimate of drug-likeness (QED) is 0.445. The van der Waals surface area contributed by atoms with Gasteiger partial charge in [-0.05, 0) is 12.1 Å². The van der Waals surface area contributed by atoms with Crippen LogP contribution in [0.4, 0.5) is 0 Å². The average Bonchev–Trinajstić information content (AvgIpc) is 2.03. The molecule has 1 heterocycles. The fraction of sp³-hybridized carbons (Fsp3) is 0.143. The lowest BCUT2D eigenvalue weighted by atomic mass is 10.5.